The maximum atomic E-state index is 13.6. The Morgan fingerprint density at radius 1 is 1.50 bits per heavy atom. The van der Waals surface area contributed by atoms with Gasteiger partial charge < -0.3 is 10.0 Å². The average molecular weight is 274 g/mol. The summed E-state index contributed by atoms with van der Waals surface area (Å²) < 4.78 is 13.6. The molecule has 1 aromatic rings. The highest BCUT2D eigenvalue weighted by Gasteiger charge is 2.21. The summed E-state index contributed by atoms with van der Waals surface area (Å²) in [5.41, 5.74) is -0.0314. The summed E-state index contributed by atoms with van der Waals surface area (Å²) in [6, 6.07) is 3.50. The highest BCUT2D eigenvalue weighted by atomic mass is 35.5. The second-order valence-electron chi connectivity index (χ2n) is 4.30. The number of hydrogen-bond acceptors (Lipinski definition) is 2. The number of rotatable bonds is 5. The molecule has 0 aromatic heterocycles. The summed E-state index contributed by atoms with van der Waals surface area (Å²) in [5, 5.41) is 9.13. The van der Waals surface area contributed by atoms with Gasteiger partial charge in [0.1, 0.15) is 11.6 Å². The molecular formula is C13H17ClFNO2. The van der Waals surface area contributed by atoms with Gasteiger partial charge in [-0.2, -0.15) is 0 Å². The van der Waals surface area contributed by atoms with E-state index in [1.807, 2.05) is 13.8 Å². The van der Waals surface area contributed by atoms with Gasteiger partial charge in [-0.1, -0.05) is 0 Å². The fraction of sp³-hybridized carbons (Fsp3) is 0.462. The van der Waals surface area contributed by atoms with Crippen LogP contribution in [0.2, 0.25) is 0 Å². The van der Waals surface area contributed by atoms with Crippen molar-refractivity contribution in [1.82, 2.24) is 4.90 Å². The molecule has 18 heavy (non-hydrogen) atoms. The number of benzene rings is 1. The number of carbonyl (C=O) groups is 1. The van der Waals surface area contributed by atoms with E-state index >= 15 is 0 Å². The van der Waals surface area contributed by atoms with Crippen molar-refractivity contribution in [1.29, 1.82) is 0 Å². The van der Waals surface area contributed by atoms with E-state index in [0.29, 0.717) is 18.8 Å². The predicted octanol–water partition coefficient (Wildman–Crippen LogP) is 3.01. The molecule has 1 aromatic carbocycles. The number of alkyl halides is 1. The summed E-state index contributed by atoms with van der Waals surface area (Å²) in [4.78, 5) is 13.8. The lowest BCUT2D eigenvalue weighted by Gasteiger charge is -2.26. The second-order valence-corrected chi connectivity index (χ2v) is 4.68. The molecule has 1 N–H and O–H groups in total. The topological polar surface area (TPSA) is 40.5 Å². The molecule has 0 spiro atoms. The van der Waals surface area contributed by atoms with Crippen LogP contribution in [0.4, 0.5) is 4.39 Å². The zero-order chi connectivity index (χ0) is 13.7. The average Bonchev–Trinajstić information content (AvgIpc) is 2.28. The van der Waals surface area contributed by atoms with Gasteiger partial charge in [-0.15, -0.1) is 11.6 Å². The molecule has 0 aliphatic heterocycles. The zero-order valence-corrected chi connectivity index (χ0v) is 11.2. The third-order valence-corrected chi connectivity index (χ3v) is 2.87. The van der Waals surface area contributed by atoms with Crippen molar-refractivity contribution in [2.75, 3.05) is 12.4 Å². The van der Waals surface area contributed by atoms with Gasteiger partial charge in [0.15, 0.2) is 0 Å². The molecule has 100 valence electrons. The van der Waals surface area contributed by atoms with E-state index in [-0.39, 0.29) is 23.3 Å². The molecule has 1 amide bonds. The Hall–Kier alpha value is -1.29. The summed E-state index contributed by atoms with van der Waals surface area (Å²) in [7, 11) is 0. The van der Waals surface area contributed by atoms with Crippen molar-refractivity contribution in [3.05, 3.63) is 29.6 Å². The van der Waals surface area contributed by atoms with Crippen molar-refractivity contribution >= 4 is 17.5 Å². The van der Waals surface area contributed by atoms with Crippen molar-refractivity contribution in [3.63, 3.8) is 0 Å². The molecule has 0 radical (unpaired) electrons. The smallest absolute Gasteiger partial charge is 0.257 e. The Labute approximate surface area is 111 Å². The molecule has 5 heteroatoms. The number of aromatic hydroxyl groups is 1. The van der Waals surface area contributed by atoms with E-state index in [0.717, 1.165) is 6.07 Å². The minimum atomic E-state index is -0.712. The number of phenols is 1. The first-order chi connectivity index (χ1) is 8.47. The summed E-state index contributed by atoms with van der Waals surface area (Å²) in [6.45, 7) is 4.22. The van der Waals surface area contributed by atoms with Crippen LogP contribution in [-0.2, 0) is 0 Å². The SMILES string of the molecule is CC(C)N(CCCCl)C(=O)c1ccc(O)cc1F. The van der Waals surface area contributed by atoms with Gasteiger partial charge in [0.05, 0.1) is 5.56 Å². The normalized spacial score (nSPS) is 10.7. The molecule has 0 heterocycles. The van der Waals surface area contributed by atoms with Crippen molar-refractivity contribution in [2.45, 2.75) is 26.3 Å². The maximum absolute atomic E-state index is 13.6. The van der Waals surface area contributed by atoms with Crippen molar-refractivity contribution in [3.8, 4) is 5.75 Å². The molecular weight excluding hydrogens is 257 g/mol. The summed E-state index contributed by atoms with van der Waals surface area (Å²) >= 11 is 5.61. The first kappa shape index (κ1) is 14.8. The van der Waals surface area contributed by atoms with Crippen molar-refractivity contribution in [2.24, 2.45) is 0 Å². The lowest BCUT2D eigenvalue weighted by atomic mass is 10.1. The predicted molar refractivity (Wildman–Crippen MR) is 69.6 cm³/mol. The van der Waals surface area contributed by atoms with Gasteiger partial charge >= 0.3 is 0 Å². The third kappa shape index (κ3) is 3.60. The monoisotopic (exact) mass is 273 g/mol. The molecule has 0 saturated heterocycles. The van der Waals surface area contributed by atoms with Crippen LogP contribution in [0.25, 0.3) is 0 Å². The highest BCUT2D eigenvalue weighted by Crippen LogP contribution is 2.18. The number of phenolic OH excluding ortho intramolecular Hbond substituents is 1. The van der Waals surface area contributed by atoms with Gasteiger partial charge in [-0.3, -0.25) is 4.79 Å². The number of amides is 1. The Kier molecular flexibility index (Phi) is 5.41. The fourth-order valence-electron chi connectivity index (χ4n) is 1.66. The first-order valence-corrected chi connectivity index (χ1v) is 6.36. The third-order valence-electron chi connectivity index (χ3n) is 2.60. The Morgan fingerprint density at radius 3 is 2.67 bits per heavy atom. The van der Waals surface area contributed by atoms with Crippen molar-refractivity contribution < 1.29 is 14.3 Å². The molecule has 0 fully saturated rings. The van der Waals surface area contributed by atoms with Crippen LogP contribution in [0.3, 0.4) is 0 Å². The van der Waals surface area contributed by atoms with E-state index < -0.39 is 5.82 Å². The standard InChI is InChI=1S/C13H17ClFNO2/c1-9(2)16(7-3-6-14)13(18)11-5-4-10(17)8-12(11)15/h4-5,8-9,17H,3,6-7H2,1-2H3. The van der Waals surface area contributed by atoms with Crippen LogP contribution in [0.1, 0.15) is 30.6 Å². The largest absolute Gasteiger partial charge is 0.508 e. The second kappa shape index (κ2) is 6.59. The van der Waals surface area contributed by atoms with Gasteiger partial charge in [0.2, 0.25) is 0 Å². The van der Waals surface area contributed by atoms with Crippen LogP contribution in [0, 0.1) is 5.82 Å². The van der Waals surface area contributed by atoms with Crippen LogP contribution >= 0.6 is 11.6 Å². The van der Waals surface area contributed by atoms with Crippen LogP contribution in [0.5, 0.6) is 5.75 Å². The van der Waals surface area contributed by atoms with E-state index in [4.69, 9.17) is 16.7 Å². The molecule has 0 aliphatic rings. The Bertz CT molecular complexity index is 423. The molecule has 0 unspecified atom stereocenters. The summed E-state index contributed by atoms with van der Waals surface area (Å²) in [5.74, 6) is -0.834. The van der Waals surface area contributed by atoms with E-state index in [9.17, 15) is 9.18 Å². The lowest BCUT2D eigenvalue weighted by Crippen LogP contribution is -2.38. The minimum Gasteiger partial charge on any atom is -0.508 e. The Balaban J connectivity index is 2.94. The zero-order valence-electron chi connectivity index (χ0n) is 10.5. The fourth-order valence-corrected chi connectivity index (χ4v) is 1.78. The first-order valence-electron chi connectivity index (χ1n) is 5.82. The van der Waals surface area contributed by atoms with Gasteiger partial charge in [0, 0.05) is 24.5 Å². The van der Waals surface area contributed by atoms with Crippen LogP contribution in [0.15, 0.2) is 18.2 Å². The van der Waals surface area contributed by atoms with Gasteiger partial charge in [-0.05, 0) is 32.4 Å². The van der Waals surface area contributed by atoms with Gasteiger partial charge in [-0.25, -0.2) is 4.39 Å². The minimum absolute atomic E-state index is 0.0314. The van der Waals surface area contributed by atoms with Crippen LogP contribution in [-0.4, -0.2) is 34.4 Å². The quantitative estimate of drug-likeness (QED) is 0.838. The number of halogens is 2. The molecule has 0 aliphatic carbocycles. The summed E-state index contributed by atoms with van der Waals surface area (Å²) in [6.07, 6.45) is 0.658. The number of carbonyl (C=O) groups excluding carboxylic acids is 1. The van der Waals surface area contributed by atoms with E-state index in [1.165, 1.54) is 12.1 Å². The van der Waals surface area contributed by atoms with Gasteiger partial charge in [0.25, 0.3) is 5.91 Å². The van der Waals surface area contributed by atoms with E-state index in [1.54, 1.807) is 4.90 Å². The molecule has 1 rings (SSSR count). The maximum Gasteiger partial charge on any atom is 0.257 e. The molecule has 3 nitrogen and oxygen atoms in total. The van der Waals surface area contributed by atoms with Crippen LogP contribution < -0.4 is 0 Å². The molecule has 0 atom stereocenters. The Morgan fingerprint density at radius 2 is 2.17 bits per heavy atom. The number of hydrogen-bond donors (Lipinski definition) is 1. The lowest BCUT2D eigenvalue weighted by molar-refractivity contribution is 0.0701. The number of nitrogens with zero attached hydrogens (tertiary/aromatic N) is 1. The molecule has 0 bridgehead atoms. The van der Waals surface area contributed by atoms with E-state index in [2.05, 4.69) is 0 Å². The highest BCUT2D eigenvalue weighted by molar-refractivity contribution is 6.17. The molecule has 0 saturated carbocycles.